The standard InChI is InChI=1S/C22H22FN7.2H2/c1-14-6-7-16-17(12-14)27-22(26-16)20-21(24)25-13-19(28-20)30-10-8-29(9-11-30)18-5-3-2-4-15(18)23;;/h2-7,12-13H,8-11H2,1H3,(H2,24,25)(H,26,27);2*1H. The summed E-state index contributed by atoms with van der Waals surface area (Å²) in [5, 5.41) is 0. The third-order valence-corrected chi connectivity index (χ3v) is 5.45. The van der Waals surface area contributed by atoms with Gasteiger partial charge in [0.25, 0.3) is 0 Å². The van der Waals surface area contributed by atoms with Gasteiger partial charge in [-0.3, -0.25) is 0 Å². The van der Waals surface area contributed by atoms with Crippen molar-refractivity contribution in [1.82, 2.24) is 19.9 Å². The van der Waals surface area contributed by atoms with E-state index in [9.17, 15) is 4.39 Å². The second kappa shape index (κ2) is 7.29. The zero-order chi connectivity index (χ0) is 20.7. The van der Waals surface area contributed by atoms with Crippen LogP contribution in [0.2, 0.25) is 0 Å². The lowest BCUT2D eigenvalue weighted by molar-refractivity contribution is 0.596. The fourth-order valence-electron chi connectivity index (χ4n) is 3.84. The smallest absolute Gasteiger partial charge is 0.161 e. The Bertz CT molecular complexity index is 1220. The maximum Gasteiger partial charge on any atom is 0.161 e. The summed E-state index contributed by atoms with van der Waals surface area (Å²) in [6, 6.07) is 12.9. The van der Waals surface area contributed by atoms with Crippen LogP contribution < -0.4 is 15.5 Å². The Balaban J connectivity index is 0.00000144. The van der Waals surface area contributed by atoms with E-state index in [-0.39, 0.29) is 8.67 Å². The van der Waals surface area contributed by atoms with E-state index in [1.165, 1.54) is 6.07 Å². The van der Waals surface area contributed by atoms with Crippen molar-refractivity contribution in [3.63, 3.8) is 0 Å². The molecule has 0 aliphatic carbocycles. The molecule has 30 heavy (non-hydrogen) atoms. The number of benzene rings is 2. The first-order valence-corrected chi connectivity index (χ1v) is 9.92. The predicted octanol–water partition coefficient (Wildman–Crippen LogP) is 3.87. The fourth-order valence-corrected chi connectivity index (χ4v) is 3.84. The van der Waals surface area contributed by atoms with Crippen LogP contribution in [-0.4, -0.2) is 46.1 Å². The van der Waals surface area contributed by atoms with Gasteiger partial charge in [-0.05, 0) is 36.8 Å². The average molecular weight is 407 g/mol. The largest absolute Gasteiger partial charge is 0.382 e. The molecule has 0 bridgehead atoms. The van der Waals surface area contributed by atoms with Crippen LogP contribution in [0.15, 0.2) is 48.7 Å². The van der Waals surface area contributed by atoms with Gasteiger partial charge in [0.2, 0.25) is 0 Å². The molecular weight excluding hydrogens is 381 g/mol. The highest BCUT2D eigenvalue weighted by Crippen LogP contribution is 2.27. The van der Waals surface area contributed by atoms with Gasteiger partial charge in [0.05, 0.1) is 22.9 Å². The number of rotatable bonds is 3. The Morgan fingerprint density at radius 3 is 2.60 bits per heavy atom. The van der Waals surface area contributed by atoms with Gasteiger partial charge in [0, 0.05) is 29.0 Å². The van der Waals surface area contributed by atoms with Gasteiger partial charge >= 0.3 is 0 Å². The minimum absolute atomic E-state index is 0. The highest BCUT2D eigenvalue weighted by Gasteiger charge is 2.22. The highest BCUT2D eigenvalue weighted by atomic mass is 19.1. The maximum atomic E-state index is 14.1. The molecule has 2 aromatic carbocycles. The van der Waals surface area contributed by atoms with Crippen LogP contribution in [0.5, 0.6) is 0 Å². The lowest BCUT2D eigenvalue weighted by Gasteiger charge is -2.36. The van der Waals surface area contributed by atoms with E-state index < -0.39 is 0 Å². The lowest BCUT2D eigenvalue weighted by Crippen LogP contribution is -2.47. The molecule has 3 N–H and O–H groups in total. The van der Waals surface area contributed by atoms with Crippen LogP contribution in [0.3, 0.4) is 0 Å². The third kappa shape index (κ3) is 3.30. The molecular formula is C22H26FN7. The van der Waals surface area contributed by atoms with Crippen LogP contribution in [0.1, 0.15) is 8.42 Å². The molecule has 1 fully saturated rings. The average Bonchev–Trinajstić information content (AvgIpc) is 3.17. The fraction of sp³-hybridized carbons (Fsp3) is 0.227. The van der Waals surface area contributed by atoms with E-state index in [0.717, 1.165) is 22.4 Å². The maximum absolute atomic E-state index is 14.1. The summed E-state index contributed by atoms with van der Waals surface area (Å²) in [6.07, 6.45) is 1.68. The third-order valence-electron chi connectivity index (χ3n) is 5.45. The molecule has 0 radical (unpaired) electrons. The van der Waals surface area contributed by atoms with Crippen molar-refractivity contribution >= 4 is 28.4 Å². The summed E-state index contributed by atoms with van der Waals surface area (Å²) >= 11 is 0. The Kier molecular flexibility index (Phi) is 4.46. The van der Waals surface area contributed by atoms with Gasteiger partial charge in [-0.1, -0.05) is 18.2 Å². The van der Waals surface area contributed by atoms with Gasteiger partial charge in [0.1, 0.15) is 11.6 Å². The number of nitrogen functional groups attached to an aromatic ring is 1. The quantitative estimate of drug-likeness (QED) is 0.536. The molecule has 3 heterocycles. The van der Waals surface area contributed by atoms with Gasteiger partial charge in [0.15, 0.2) is 17.3 Å². The topological polar surface area (TPSA) is 87.0 Å². The first-order valence-electron chi connectivity index (χ1n) is 9.92. The van der Waals surface area contributed by atoms with Crippen molar-refractivity contribution in [1.29, 1.82) is 0 Å². The van der Waals surface area contributed by atoms with Gasteiger partial charge in [-0.2, -0.15) is 0 Å². The number of nitrogens with two attached hydrogens (primary N) is 1. The molecule has 0 atom stereocenters. The van der Waals surface area contributed by atoms with Crippen molar-refractivity contribution in [2.24, 2.45) is 0 Å². The number of para-hydroxylation sites is 1. The van der Waals surface area contributed by atoms with Gasteiger partial charge in [-0.15, -0.1) is 0 Å². The molecule has 8 heteroatoms. The monoisotopic (exact) mass is 407 g/mol. The number of piperazine rings is 1. The summed E-state index contributed by atoms with van der Waals surface area (Å²) < 4.78 is 14.1. The van der Waals surface area contributed by atoms with E-state index >= 15 is 0 Å². The highest BCUT2D eigenvalue weighted by molar-refractivity contribution is 5.81. The normalized spacial score (nSPS) is 14.5. The van der Waals surface area contributed by atoms with Crippen molar-refractivity contribution < 1.29 is 7.24 Å². The molecule has 0 unspecified atom stereocenters. The van der Waals surface area contributed by atoms with Gasteiger partial charge < -0.3 is 20.5 Å². The zero-order valence-corrected chi connectivity index (χ0v) is 16.6. The molecule has 4 aromatic rings. The summed E-state index contributed by atoms with van der Waals surface area (Å²) in [4.78, 5) is 21.2. The number of fused-ring (bicyclic) bond motifs is 1. The van der Waals surface area contributed by atoms with Crippen molar-refractivity contribution in [2.45, 2.75) is 6.92 Å². The number of nitrogens with one attached hydrogen (secondary N) is 1. The van der Waals surface area contributed by atoms with E-state index in [0.29, 0.717) is 49.2 Å². The molecule has 1 aliphatic heterocycles. The minimum Gasteiger partial charge on any atom is -0.382 e. The van der Waals surface area contributed by atoms with E-state index in [1.807, 2.05) is 37.3 Å². The predicted molar refractivity (Wildman–Crippen MR) is 121 cm³/mol. The number of H-pyrrole nitrogens is 1. The Hall–Kier alpha value is -3.68. The number of aromatic nitrogens is 4. The summed E-state index contributed by atoms with van der Waals surface area (Å²) in [5.74, 6) is 1.48. The number of nitrogens with zero attached hydrogens (tertiary/aromatic N) is 5. The Labute approximate surface area is 176 Å². The number of anilines is 3. The number of aryl methyl sites for hydroxylation is 1. The second-order valence-corrected chi connectivity index (χ2v) is 7.49. The van der Waals surface area contributed by atoms with Crippen LogP contribution >= 0.6 is 0 Å². The number of halogens is 1. The molecule has 0 spiro atoms. The lowest BCUT2D eigenvalue weighted by atomic mass is 10.2. The van der Waals surface area contributed by atoms with Crippen LogP contribution in [0.4, 0.5) is 21.7 Å². The summed E-state index contributed by atoms with van der Waals surface area (Å²) in [6.45, 7) is 4.87. The SMILES string of the molecule is Cc1ccc2nc(-c3nc(N4CCN(c5ccccc5F)CC4)cnc3N)[nH]c2c1.[HH].[HH]. The van der Waals surface area contributed by atoms with E-state index in [2.05, 4.69) is 24.8 Å². The first kappa shape index (κ1) is 18.4. The van der Waals surface area contributed by atoms with Crippen molar-refractivity contribution in [3.8, 4) is 11.5 Å². The van der Waals surface area contributed by atoms with Crippen LogP contribution in [0.25, 0.3) is 22.6 Å². The zero-order valence-electron chi connectivity index (χ0n) is 16.6. The second-order valence-electron chi connectivity index (χ2n) is 7.49. The first-order chi connectivity index (χ1) is 14.6. The molecule has 2 aromatic heterocycles. The minimum atomic E-state index is -0.194. The molecule has 7 nitrogen and oxygen atoms in total. The van der Waals surface area contributed by atoms with E-state index in [4.69, 9.17) is 10.7 Å². The van der Waals surface area contributed by atoms with Gasteiger partial charge in [-0.25, -0.2) is 19.3 Å². The van der Waals surface area contributed by atoms with E-state index in [1.54, 1.807) is 12.3 Å². The number of aromatic amines is 1. The molecule has 156 valence electrons. The summed E-state index contributed by atoms with van der Waals surface area (Å²) in [7, 11) is 0. The van der Waals surface area contributed by atoms with Crippen molar-refractivity contribution in [3.05, 3.63) is 60.0 Å². The van der Waals surface area contributed by atoms with Crippen LogP contribution in [-0.2, 0) is 0 Å². The van der Waals surface area contributed by atoms with Crippen molar-refractivity contribution in [2.75, 3.05) is 41.7 Å². The molecule has 5 rings (SSSR count). The molecule has 0 amide bonds. The number of hydrogen-bond acceptors (Lipinski definition) is 6. The van der Waals surface area contributed by atoms with Crippen LogP contribution in [0, 0.1) is 12.7 Å². The molecule has 0 saturated carbocycles. The Morgan fingerprint density at radius 2 is 1.80 bits per heavy atom. The molecule has 1 aliphatic rings. The Morgan fingerprint density at radius 1 is 1.03 bits per heavy atom. The molecule has 1 saturated heterocycles. The number of imidazole rings is 1. The summed E-state index contributed by atoms with van der Waals surface area (Å²) in [5.41, 5.74) is 10.2. The number of hydrogen-bond donors (Lipinski definition) is 2.